The molecule has 1 amide bonds. The molecule has 0 fully saturated rings. The Morgan fingerprint density at radius 1 is 1.02 bits per heavy atom. The lowest BCUT2D eigenvalue weighted by molar-refractivity contribution is 0.0881. The van der Waals surface area contributed by atoms with E-state index in [9.17, 15) is 9.18 Å². The number of ether oxygens (including phenoxy) is 2. The van der Waals surface area contributed by atoms with Crippen LogP contribution in [0.1, 0.15) is 51.8 Å². The third kappa shape index (κ3) is 5.84. The molecule has 5 rings (SSSR count). The Labute approximate surface area is 237 Å². The molecule has 2 heterocycles. The van der Waals surface area contributed by atoms with Crippen molar-refractivity contribution in [1.29, 1.82) is 0 Å². The van der Waals surface area contributed by atoms with E-state index in [0.29, 0.717) is 10.8 Å². The van der Waals surface area contributed by atoms with E-state index in [-0.39, 0.29) is 25.2 Å². The minimum atomic E-state index is -0.497. The van der Waals surface area contributed by atoms with Gasteiger partial charge in [-0.3, -0.25) is 4.79 Å². The molecule has 0 unspecified atom stereocenters. The highest BCUT2D eigenvalue weighted by atomic mass is 32.1. The number of nitrogens with zero attached hydrogens (tertiary/aromatic N) is 3. The fourth-order valence-corrected chi connectivity index (χ4v) is 5.42. The number of amides is 1. The highest BCUT2D eigenvalue weighted by Crippen LogP contribution is 2.33. The second-order valence-electron chi connectivity index (χ2n) is 9.52. The van der Waals surface area contributed by atoms with Crippen LogP contribution < -0.4 is 14.8 Å². The zero-order valence-corrected chi connectivity index (χ0v) is 23.2. The van der Waals surface area contributed by atoms with Gasteiger partial charge in [0.1, 0.15) is 23.4 Å². The molecule has 0 aliphatic rings. The first-order valence-corrected chi connectivity index (χ1v) is 13.3. The van der Waals surface area contributed by atoms with Gasteiger partial charge in [-0.15, -0.1) is 11.3 Å². The maximum atomic E-state index is 13.4. The minimum Gasteiger partial charge on any atom is -0.496 e. The fraction of sp³-hybridized carbons (Fsp3) is 0.258. The predicted octanol–water partition coefficient (Wildman–Crippen LogP) is 7.13. The molecule has 3 aromatic carbocycles. The van der Waals surface area contributed by atoms with Gasteiger partial charge in [0.05, 0.1) is 30.6 Å². The number of nitrogens with one attached hydrogen (secondary N) is 1. The van der Waals surface area contributed by atoms with E-state index in [1.807, 2.05) is 58.0 Å². The zero-order valence-electron chi connectivity index (χ0n) is 22.4. The number of hydrogen-bond acceptors (Lipinski definition) is 6. The normalized spacial score (nSPS) is 12.4. The van der Waals surface area contributed by atoms with Crippen LogP contribution in [0, 0.1) is 26.6 Å². The summed E-state index contributed by atoms with van der Waals surface area (Å²) in [5, 5.41) is 8.84. The molecular formula is C31H33FN4O3S. The first kappa shape index (κ1) is 28.8. The topological polar surface area (TPSA) is 78.3 Å². The standard InChI is InChI=1S/C30H29FN4O3S.CH4/c1-17-12-21(13-18(2)27(17)37-5)28(20(4)34-29(36)30-32-15-19(3)39-30)38-25-10-11-26-22(14-25)16-33-35(26)24-8-6-23(31)7-9-24;/h6-16,20,28H,1-5H3,(H,34,36);1H4/t20-,28-;/m0./s1. The summed E-state index contributed by atoms with van der Waals surface area (Å²) in [6.45, 7) is 7.82. The van der Waals surface area contributed by atoms with Crippen LogP contribution in [0.4, 0.5) is 4.39 Å². The van der Waals surface area contributed by atoms with Gasteiger partial charge in [-0.05, 0) is 99.0 Å². The van der Waals surface area contributed by atoms with Crippen LogP contribution in [0.3, 0.4) is 0 Å². The molecule has 0 saturated carbocycles. The largest absolute Gasteiger partial charge is 0.496 e. The Morgan fingerprint density at radius 3 is 2.35 bits per heavy atom. The fourth-order valence-electron chi connectivity index (χ4n) is 4.75. The monoisotopic (exact) mass is 560 g/mol. The van der Waals surface area contributed by atoms with Crippen LogP contribution in [0.15, 0.2) is 67.0 Å². The summed E-state index contributed by atoms with van der Waals surface area (Å²) in [6, 6.07) is 15.6. The van der Waals surface area contributed by atoms with Crippen molar-refractivity contribution in [2.75, 3.05) is 7.11 Å². The number of methoxy groups -OCH3 is 1. The molecule has 0 aliphatic heterocycles. The summed E-state index contributed by atoms with van der Waals surface area (Å²) in [4.78, 5) is 18.1. The van der Waals surface area contributed by atoms with Crippen molar-refractivity contribution < 1.29 is 18.7 Å². The van der Waals surface area contributed by atoms with Gasteiger partial charge in [-0.1, -0.05) is 7.43 Å². The van der Waals surface area contributed by atoms with E-state index >= 15 is 0 Å². The van der Waals surface area contributed by atoms with E-state index in [1.165, 1.54) is 23.5 Å². The summed E-state index contributed by atoms with van der Waals surface area (Å²) in [6.07, 6.45) is 2.94. The third-order valence-electron chi connectivity index (χ3n) is 6.52. The Hall–Kier alpha value is -4.24. The molecule has 9 heteroatoms. The third-order valence-corrected chi connectivity index (χ3v) is 7.43. The maximum Gasteiger partial charge on any atom is 0.280 e. The van der Waals surface area contributed by atoms with Crippen molar-refractivity contribution in [1.82, 2.24) is 20.1 Å². The number of aromatic nitrogens is 3. The smallest absolute Gasteiger partial charge is 0.280 e. The SMILES string of the molecule is C.COc1c(C)cc([C@@H](Oc2ccc3c(cnn3-c3ccc(F)cc3)c2)[C@H](C)NC(=O)c2ncc(C)s2)cc1C. The first-order chi connectivity index (χ1) is 18.7. The van der Waals surface area contributed by atoms with E-state index in [0.717, 1.165) is 43.9 Å². The molecule has 5 aromatic rings. The Morgan fingerprint density at radius 2 is 1.73 bits per heavy atom. The number of rotatable bonds is 8. The van der Waals surface area contributed by atoms with Gasteiger partial charge in [-0.25, -0.2) is 14.1 Å². The lowest BCUT2D eigenvalue weighted by Crippen LogP contribution is -2.39. The predicted molar refractivity (Wildman–Crippen MR) is 157 cm³/mol. The van der Waals surface area contributed by atoms with Crippen molar-refractivity contribution in [2.24, 2.45) is 0 Å². The number of benzene rings is 3. The summed E-state index contributed by atoms with van der Waals surface area (Å²) < 4.78 is 27.3. The number of thiazole rings is 1. The average molecular weight is 561 g/mol. The van der Waals surface area contributed by atoms with Gasteiger partial charge >= 0.3 is 0 Å². The molecule has 0 radical (unpaired) electrons. The summed E-state index contributed by atoms with van der Waals surface area (Å²) in [7, 11) is 1.66. The minimum absolute atomic E-state index is 0. The first-order valence-electron chi connectivity index (χ1n) is 12.5. The number of halogens is 1. The van der Waals surface area contributed by atoms with Gasteiger partial charge in [0.2, 0.25) is 0 Å². The van der Waals surface area contributed by atoms with E-state index in [4.69, 9.17) is 9.47 Å². The quantitative estimate of drug-likeness (QED) is 0.218. The molecule has 0 bridgehead atoms. The summed E-state index contributed by atoms with van der Waals surface area (Å²) in [5.41, 5.74) is 4.49. The van der Waals surface area contributed by atoms with E-state index in [1.54, 1.807) is 36.3 Å². The van der Waals surface area contributed by atoms with Gasteiger partial charge in [0, 0.05) is 16.5 Å². The molecule has 0 saturated heterocycles. The van der Waals surface area contributed by atoms with E-state index < -0.39 is 6.10 Å². The number of aryl methyl sites for hydroxylation is 3. The van der Waals surface area contributed by atoms with Crippen LogP contribution >= 0.6 is 11.3 Å². The number of carbonyl (C=O) groups excluding carboxylic acids is 1. The van der Waals surface area contributed by atoms with Gasteiger partial charge in [0.15, 0.2) is 5.01 Å². The average Bonchev–Trinajstić information content (AvgIpc) is 3.53. The summed E-state index contributed by atoms with van der Waals surface area (Å²) >= 11 is 1.35. The van der Waals surface area contributed by atoms with Crippen molar-refractivity contribution in [3.8, 4) is 17.2 Å². The molecule has 2 atom stereocenters. The van der Waals surface area contributed by atoms with Crippen molar-refractivity contribution >= 4 is 28.1 Å². The van der Waals surface area contributed by atoms with Crippen LogP contribution in [0.5, 0.6) is 11.5 Å². The van der Waals surface area contributed by atoms with Crippen molar-refractivity contribution in [2.45, 2.75) is 47.3 Å². The maximum absolute atomic E-state index is 13.4. The highest BCUT2D eigenvalue weighted by molar-refractivity contribution is 7.13. The van der Waals surface area contributed by atoms with Crippen molar-refractivity contribution in [3.05, 3.63) is 99.4 Å². The van der Waals surface area contributed by atoms with Gasteiger partial charge < -0.3 is 14.8 Å². The molecule has 1 N–H and O–H groups in total. The number of fused-ring (bicyclic) bond motifs is 1. The van der Waals surface area contributed by atoms with Crippen molar-refractivity contribution in [3.63, 3.8) is 0 Å². The summed E-state index contributed by atoms with van der Waals surface area (Å²) in [5.74, 6) is 0.907. The number of carbonyl (C=O) groups is 1. The lowest BCUT2D eigenvalue weighted by atomic mass is 9.97. The van der Waals surface area contributed by atoms with Crippen LogP contribution in [0.2, 0.25) is 0 Å². The van der Waals surface area contributed by atoms with Gasteiger partial charge in [0.25, 0.3) is 5.91 Å². The van der Waals surface area contributed by atoms with Gasteiger partial charge in [-0.2, -0.15) is 5.10 Å². The number of hydrogen-bond donors (Lipinski definition) is 1. The Kier molecular flexibility index (Phi) is 8.54. The second-order valence-corrected chi connectivity index (χ2v) is 10.8. The van der Waals surface area contributed by atoms with Crippen LogP contribution in [-0.4, -0.2) is 33.8 Å². The Balaban J connectivity index is 0.00000370. The molecule has 2 aromatic heterocycles. The highest BCUT2D eigenvalue weighted by Gasteiger charge is 2.26. The molecule has 40 heavy (non-hydrogen) atoms. The van der Waals surface area contributed by atoms with E-state index in [2.05, 4.69) is 15.4 Å². The van der Waals surface area contributed by atoms with Crippen LogP contribution in [0.25, 0.3) is 16.6 Å². The van der Waals surface area contributed by atoms with Crippen LogP contribution in [-0.2, 0) is 0 Å². The molecule has 0 spiro atoms. The molecule has 0 aliphatic carbocycles. The molecular weight excluding hydrogens is 527 g/mol. The lowest BCUT2D eigenvalue weighted by Gasteiger charge is -2.27. The second kappa shape index (κ2) is 11.9. The zero-order chi connectivity index (χ0) is 27.7. The molecule has 7 nitrogen and oxygen atoms in total. The Bertz CT molecular complexity index is 1620. The molecule has 208 valence electrons.